The molecule has 1 fully saturated rings. The van der Waals surface area contributed by atoms with E-state index in [0.29, 0.717) is 11.6 Å². The molecule has 2 N–H and O–H groups in total. The lowest BCUT2D eigenvalue weighted by Crippen LogP contribution is -2.46. The first kappa shape index (κ1) is 25.2. The Kier molecular flexibility index (Phi) is 7.51. The molecule has 1 aromatic heterocycles. The van der Waals surface area contributed by atoms with E-state index in [4.69, 9.17) is 9.72 Å². The van der Waals surface area contributed by atoms with Crippen LogP contribution in [0.15, 0.2) is 79.5 Å². The fourth-order valence-electron chi connectivity index (χ4n) is 4.73. The van der Waals surface area contributed by atoms with E-state index in [1.807, 2.05) is 54.7 Å². The van der Waals surface area contributed by atoms with Crippen LogP contribution < -0.4 is 20.3 Å². The van der Waals surface area contributed by atoms with Crippen molar-refractivity contribution in [1.29, 1.82) is 0 Å². The molecular weight excluding hydrogens is 476 g/mol. The van der Waals surface area contributed by atoms with E-state index >= 15 is 0 Å². The van der Waals surface area contributed by atoms with Gasteiger partial charge in [-0.3, -0.25) is 4.79 Å². The van der Waals surface area contributed by atoms with Gasteiger partial charge in [-0.15, -0.1) is 0 Å². The molecule has 38 heavy (non-hydrogen) atoms. The summed E-state index contributed by atoms with van der Waals surface area (Å²) in [5.74, 6) is 0.962. The number of carbonyl (C=O) groups excluding carboxylic acids is 1. The SMILES string of the molecule is C=CC(=O)Nc1cccc(-c2cccc3cnc(Nc4ccc(N5CCN(CC)CC5)cc4OC)nc23)c1. The van der Waals surface area contributed by atoms with Gasteiger partial charge < -0.3 is 25.2 Å². The second kappa shape index (κ2) is 11.3. The average Bonchev–Trinajstić information content (AvgIpc) is 2.97. The number of benzene rings is 3. The Labute approximate surface area is 223 Å². The number of para-hydroxylation sites is 1. The van der Waals surface area contributed by atoms with Crippen molar-refractivity contribution in [2.24, 2.45) is 0 Å². The van der Waals surface area contributed by atoms with Crippen molar-refractivity contribution in [3.05, 3.63) is 79.5 Å². The molecule has 0 atom stereocenters. The lowest BCUT2D eigenvalue weighted by molar-refractivity contribution is -0.111. The molecule has 8 heteroatoms. The topological polar surface area (TPSA) is 82.6 Å². The highest BCUT2D eigenvalue weighted by atomic mass is 16.5. The molecule has 0 radical (unpaired) electrons. The zero-order chi connectivity index (χ0) is 26.5. The van der Waals surface area contributed by atoms with Crippen LogP contribution in [0.5, 0.6) is 5.75 Å². The number of hydrogen-bond donors (Lipinski definition) is 2. The van der Waals surface area contributed by atoms with Gasteiger partial charge in [0.15, 0.2) is 0 Å². The molecule has 1 amide bonds. The number of amides is 1. The van der Waals surface area contributed by atoms with Crippen molar-refractivity contribution in [1.82, 2.24) is 14.9 Å². The van der Waals surface area contributed by atoms with Crippen LogP contribution in [0.25, 0.3) is 22.0 Å². The molecule has 0 bridgehead atoms. The maximum absolute atomic E-state index is 11.8. The maximum Gasteiger partial charge on any atom is 0.247 e. The molecule has 3 aromatic carbocycles. The smallest absolute Gasteiger partial charge is 0.247 e. The molecule has 0 saturated carbocycles. The third-order valence-corrected chi connectivity index (χ3v) is 6.85. The van der Waals surface area contributed by atoms with Crippen LogP contribution in [0.1, 0.15) is 6.92 Å². The quantitative estimate of drug-likeness (QED) is 0.312. The molecule has 5 rings (SSSR count). The van der Waals surface area contributed by atoms with Crippen LogP contribution in [0.2, 0.25) is 0 Å². The molecule has 0 unspecified atom stereocenters. The molecule has 0 aliphatic carbocycles. The first-order chi connectivity index (χ1) is 18.6. The number of anilines is 4. The van der Waals surface area contributed by atoms with Crippen LogP contribution in [0.4, 0.5) is 23.0 Å². The number of nitrogens with zero attached hydrogens (tertiary/aromatic N) is 4. The fourth-order valence-corrected chi connectivity index (χ4v) is 4.73. The van der Waals surface area contributed by atoms with Gasteiger partial charge in [-0.2, -0.15) is 0 Å². The van der Waals surface area contributed by atoms with Gasteiger partial charge in [0.2, 0.25) is 11.9 Å². The van der Waals surface area contributed by atoms with Gasteiger partial charge in [0.1, 0.15) is 5.75 Å². The Hall–Kier alpha value is -4.43. The van der Waals surface area contributed by atoms with Gasteiger partial charge in [0.05, 0.1) is 18.3 Å². The van der Waals surface area contributed by atoms with Gasteiger partial charge in [-0.05, 0) is 42.4 Å². The van der Waals surface area contributed by atoms with Crippen LogP contribution in [-0.2, 0) is 4.79 Å². The number of methoxy groups -OCH3 is 1. The normalized spacial score (nSPS) is 13.8. The Morgan fingerprint density at radius 2 is 1.89 bits per heavy atom. The monoisotopic (exact) mass is 508 g/mol. The number of carbonyl (C=O) groups is 1. The number of nitrogens with one attached hydrogen (secondary N) is 2. The van der Waals surface area contributed by atoms with Gasteiger partial charge in [0, 0.05) is 60.8 Å². The van der Waals surface area contributed by atoms with Crippen molar-refractivity contribution < 1.29 is 9.53 Å². The van der Waals surface area contributed by atoms with Gasteiger partial charge in [-0.25, -0.2) is 9.97 Å². The van der Waals surface area contributed by atoms with E-state index in [1.54, 1.807) is 7.11 Å². The van der Waals surface area contributed by atoms with Crippen molar-refractivity contribution in [2.45, 2.75) is 6.92 Å². The van der Waals surface area contributed by atoms with E-state index in [1.165, 1.54) is 6.08 Å². The number of rotatable bonds is 8. The molecule has 1 saturated heterocycles. The molecule has 1 aliphatic rings. The number of ether oxygens (including phenoxy) is 1. The molecule has 4 aromatic rings. The second-order valence-electron chi connectivity index (χ2n) is 9.14. The predicted molar refractivity (Wildman–Crippen MR) is 154 cm³/mol. The van der Waals surface area contributed by atoms with Gasteiger partial charge in [0.25, 0.3) is 0 Å². The second-order valence-corrected chi connectivity index (χ2v) is 9.14. The molecule has 194 valence electrons. The Morgan fingerprint density at radius 3 is 2.66 bits per heavy atom. The van der Waals surface area contributed by atoms with Crippen LogP contribution in [0.3, 0.4) is 0 Å². The van der Waals surface area contributed by atoms with E-state index in [2.05, 4.69) is 51.1 Å². The Bertz CT molecular complexity index is 1460. The summed E-state index contributed by atoms with van der Waals surface area (Å²) in [4.78, 5) is 26.0. The molecule has 8 nitrogen and oxygen atoms in total. The summed E-state index contributed by atoms with van der Waals surface area (Å²) in [7, 11) is 1.68. The minimum absolute atomic E-state index is 0.253. The molecular formula is C30H32N6O2. The van der Waals surface area contributed by atoms with Crippen molar-refractivity contribution >= 4 is 39.8 Å². The van der Waals surface area contributed by atoms with Crippen molar-refractivity contribution in [3.8, 4) is 16.9 Å². The van der Waals surface area contributed by atoms with Crippen LogP contribution >= 0.6 is 0 Å². The van der Waals surface area contributed by atoms with E-state index in [0.717, 1.165) is 71.9 Å². The van der Waals surface area contributed by atoms with E-state index in [-0.39, 0.29) is 5.91 Å². The van der Waals surface area contributed by atoms with E-state index in [9.17, 15) is 4.79 Å². The van der Waals surface area contributed by atoms with Crippen molar-refractivity contribution in [3.63, 3.8) is 0 Å². The number of piperazine rings is 1. The van der Waals surface area contributed by atoms with Crippen LogP contribution in [0, 0.1) is 0 Å². The summed E-state index contributed by atoms with van der Waals surface area (Å²) < 4.78 is 5.73. The largest absolute Gasteiger partial charge is 0.494 e. The van der Waals surface area contributed by atoms with Gasteiger partial charge in [-0.1, -0.05) is 43.8 Å². The Morgan fingerprint density at radius 1 is 1.08 bits per heavy atom. The molecule has 0 spiro atoms. The lowest BCUT2D eigenvalue weighted by atomic mass is 10.0. The Balaban J connectivity index is 1.42. The van der Waals surface area contributed by atoms with Crippen molar-refractivity contribution in [2.75, 3.05) is 55.4 Å². The zero-order valence-electron chi connectivity index (χ0n) is 21.8. The summed E-state index contributed by atoms with van der Waals surface area (Å²) in [6.07, 6.45) is 3.06. The number of likely N-dealkylation sites (N-methyl/N-ethyl adjacent to an activating group) is 1. The minimum Gasteiger partial charge on any atom is -0.494 e. The highest BCUT2D eigenvalue weighted by molar-refractivity contribution is 6.00. The van der Waals surface area contributed by atoms with E-state index < -0.39 is 0 Å². The fraction of sp³-hybridized carbons (Fsp3) is 0.233. The predicted octanol–water partition coefficient (Wildman–Crippen LogP) is 5.32. The first-order valence-corrected chi connectivity index (χ1v) is 12.8. The highest BCUT2D eigenvalue weighted by Gasteiger charge is 2.18. The lowest BCUT2D eigenvalue weighted by Gasteiger charge is -2.35. The zero-order valence-corrected chi connectivity index (χ0v) is 21.8. The highest BCUT2D eigenvalue weighted by Crippen LogP contribution is 2.33. The molecule has 2 heterocycles. The molecule has 1 aliphatic heterocycles. The summed E-state index contributed by atoms with van der Waals surface area (Å²) in [5, 5.41) is 7.08. The average molecular weight is 509 g/mol. The number of aromatic nitrogens is 2. The summed E-state index contributed by atoms with van der Waals surface area (Å²) in [6.45, 7) is 10.9. The standard InChI is InChI=1S/C30H32N6O2/c1-4-28(37)32-23-10-6-8-21(18-23)25-11-7-9-22-20-31-30(34-29(22)25)33-26-13-12-24(19-27(26)38-3)36-16-14-35(5-2)15-17-36/h4,6-13,18-20H,1,5,14-17H2,2-3H3,(H,32,37)(H,31,33,34). The number of fused-ring (bicyclic) bond motifs is 1. The first-order valence-electron chi connectivity index (χ1n) is 12.8. The number of hydrogen-bond acceptors (Lipinski definition) is 7. The summed E-state index contributed by atoms with van der Waals surface area (Å²) >= 11 is 0. The van der Waals surface area contributed by atoms with Gasteiger partial charge >= 0.3 is 0 Å². The minimum atomic E-state index is -0.253. The summed E-state index contributed by atoms with van der Waals surface area (Å²) in [6, 6.07) is 19.8. The summed E-state index contributed by atoms with van der Waals surface area (Å²) in [5.41, 5.74) is 5.32. The third kappa shape index (κ3) is 5.45. The maximum atomic E-state index is 11.8. The van der Waals surface area contributed by atoms with Crippen LogP contribution in [-0.4, -0.2) is 60.6 Å². The third-order valence-electron chi connectivity index (χ3n) is 6.85.